The molecule has 2 heterocycles. The zero-order chi connectivity index (χ0) is 14.4. The molecule has 20 heavy (non-hydrogen) atoms. The van der Waals surface area contributed by atoms with Crippen molar-refractivity contribution in [1.29, 1.82) is 0 Å². The van der Waals surface area contributed by atoms with E-state index >= 15 is 0 Å². The third-order valence-corrected chi connectivity index (χ3v) is 6.42. The summed E-state index contributed by atoms with van der Waals surface area (Å²) in [6, 6.07) is 4.08. The Morgan fingerprint density at radius 3 is 2.85 bits per heavy atom. The maximum Gasteiger partial charge on any atom is 0.246 e. The molecule has 2 aliphatic heterocycles. The smallest absolute Gasteiger partial charge is 0.246 e. The zero-order valence-electron chi connectivity index (χ0n) is 10.9. The van der Waals surface area contributed by atoms with E-state index in [4.69, 9.17) is 11.6 Å². The molecule has 3 rings (SSSR count). The summed E-state index contributed by atoms with van der Waals surface area (Å²) >= 11 is 5.68. The number of benzene rings is 1. The van der Waals surface area contributed by atoms with E-state index in [1.54, 1.807) is 0 Å². The van der Waals surface area contributed by atoms with Crippen molar-refractivity contribution in [1.82, 2.24) is 9.62 Å². The molecule has 4 nitrogen and oxygen atoms in total. The minimum atomic E-state index is -3.81. The molecule has 0 saturated carbocycles. The van der Waals surface area contributed by atoms with Gasteiger partial charge in [-0.05, 0) is 36.9 Å². The highest BCUT2D eigenvalue weighted by atomic mass is 35.5. The highest BCUT2D eigenvalue weighted by Crippen LogP contribution is 2.39. The third-order valence-electron chi connectivity index (χ3n) is 4.27. The third kappa shape index (κ3) is 2.24. The molecule has 1 spiro atoms. The second kappa shape index (κ2) is 4.94. The van der Waals surface area contributed by atoms with E-state index in [-0.39, 0.29) is 15.3 Å². The lowest BCUT2D eigenvalue weighted by Crippen LogP contribution is -2.33. The quantitative estimate of drug-likeness (QED) is 0.905. The van der Waals surface area contributed by atoms with Crippen LogP contribution in [0.4, 0.5) is 4.39 Å². The van der Waals surface area contributed by atoms with Gasteiger partial charge in [0.15, 0.2) is 5.82 Å². The lowest BCUT2D eigenvalue weighted by atomic mass is 9.87. The number of halogens is 2. The Balaban J connectivity index is 1.91. The lowest BCUT2D eigenvalue weighted by Gasteiger charge is -2.22. The minimum Gasteiger partial charge on any atom is -0.316 e. The average Bonchev–Trinajstić information content (AvgIpc) is 3.04. The van der Waals surface area contributed by atoms with Crippen molar-refractivity contribution < 1.29 is 12.8 Å². The first-order chi connectivity index (χ1) is 9.45. The van der Waals surface area contributed by atoms with Gasteiger partial charge in [0.1, 0.15) is 4.90 Å². The van der Waals surface area contributed by atoms with Crippen LogP contribution in [0.3, 0.4) is 0 Å². The molecule has 0 aliphatic carbocycles. The lowest BCUT2D eigenvalue weighted by molar-refractivity contribution is 0.337. The topological polar surface area (TPSA) is 49.4 Å². The van der Waals surface area contributed by atoms with Crippen molar-refractivity contribution in [3.8, 4) is 0 Å². The van der Waals surface area contributed by atoms with Crippen molar-refractivity contribution in [2.24, 2.45) is 5.41 Å². The zero-order valence-corrected chi connectivity index (χ0v) is 12.5. The van der Waals surface area contributed by atoms with Crippen LogP contribution in [0, 0.1) is 11.2 Å². The Kier molecular flexibility index (Phi) is 3.52. The fraction of sp³-hybridized carbons (Fsp3) is 0.538. The van der Waals surface area contributed by atoms with Gasteiger partial charge in [0, 0.05) is 19.6 Å². The fourth-order valence-electron chi connectivity index (χ4n) is 3.07. The van der Waals surface area contributed by atoms with Gasteiger partial charge in [-0.2, -0.15) is 4.31 Å². The van der Waals surface area contributed by atoms with Crippen LogP contribution in [0.2, 0.25) is 5.02 Å². The Morgan fingerprint density at radius 1 is 1.35 bits per heavy atom. The molecule has 0 aromatic heterocycles. The Morgan fingerprint density at radius 2 is 2.15 bits per heavy atom. The summed E-state index contributed by atoms with van der Waals surface area (Å²) in [5.74, 6) is -0.861. The molecule has 0 amide bonds. The maximum atomic E-state index is 14.0. The van der Waals surface area contributed by atoms with Crippen molar-refractivity contribution in [3.05, 3.63) is 29.0 Å². The number of nitrogens with one attached hydrogen (secondary N) is 1. The number of nitrogens with zero attached hydrogens (tertiary/aromatic N) is 1. The van der Waals surface area contributed by atoms with Crippen LogP contribution in [0.5, 0.6) is 0 Å². The van der Waals surface area contributed by atoms with Crippen LogP contribution in [0.1, 0.15) is 12.8 Å². The first kappa shape index (κ1) is 14.3. The van der Waals surface area contributed by atoms with E-state index in [2.05, 4.69) is 5.32 Å². The summed E-state index contributed by atoms with van der Waals surface area (Å²) in [5.41, 5.74) is 0.0160. The minimum absolute atomic E-state index is 0.0160. The van der Waals surface area contributed by atoms with Gasteiger partial charge < -0.3 is 5.32 Å². The molecule has 2 saturated heterocycles. The second-order valence-electron chi connectivity index (χ2n) is 5.57. The number of sulfonamides is 1. The van der Waals surface area contributed by atoms with E-state index in [0.29, 0.717) is 13.1 Å². The first-order valence-corrected chi connectivity index (χ1v) is 8.41. The normalized spacial score (nSPS) is 27.5. The summed E-state index contributed by atoms with van der Waals surface area (Å²) in [6.45, 7) is 2.64. The SMILES string of the molecule is O=S(=O)(c1cccc(Cl)c1F)N1CCC2(CCNC2)C1. The molecule has 2 aliphatic rings. The molecule has 1 unspecified atom stereocenters. The van der Waals surface area contributed by atoms with Gasteiger partial charge in [0.2, 0.25) is 10.0 Å². The highest BCUT2D eigenvalue weighted by molar-refractivity contribution is 7.89. The molecule has 110 valence electrons. The van der Waals surface area contributed by atoms with Crippen LogP contribution in [0.15, 0.2) is 23.1 Å². The largest absolute Gasteiger partial charge is 0.316 e. The summed E-state index contributed by atoms with van der Waals surface area (Å²) in [6.07, 6.45) is 1.79. The predicted molar refractivity (Wildman–Crippen MR) is 74.7 cm³/mol. The Bertz CT molecular complexity index is 629. The summed E-state index contributed by atoms with van der Waals surface area (Å²) in [5, 5.41) is 3.11. The van der Waals surface area contributed by atoms with Crippen LogP contribution in [-0.4, -0.2) is 38.9 Å². The van der Waals surface area contributed by atoms with Crippen molar-refractivity contribution in [2.45, 2.75) is 17.7 Å². The van der Waals surface area contributed by atoms with Crippen molar-refractivity contribution in [3.63, 3.8) is 0 Å². The van der Waals surface area contributed by atoms with E-state index < -0.39 is 15.8 Å². The van der Waals surface area contributed by atoms with Crippen molar-refractivity contribution >= 4 is 21.6 Å². The predicted octanol–water partition coefficient (Wildman–Crippen LogP) is 1.85. The number of hydrogen-bond acceptors (Lipinski definition) is 3. The summed E-state index contributed by atoms with van der Waals surface area (Å²) < 4.78 is 40.5. The van der Waals surface area contributed by atoms with Crippen LogP contribution in [-0.2, 0) is 10.0 Å². The highest BCUT2D eigenvalue weighted by Gasteiger charge is 2.45. The number of hydrogen-bond donors (Lipinski definition) is 1. The first-order valence-electron chi connectivity index (χ1n) is 6.60. The van der Waals surface area contributed by atoms with Gasteiger partial charge >= 0.3 is 0 Å². The summed E-state index contributed by atoms with van der Waals surface area (Å²) in [4.78, 5) is -0.326. The monoisotopic (exact) mass is 318 g/mol. The summed E-state index contributed by atoms with van der Waals surface area (Å²) in [7, 11) is -3.81. The molecule has 1 atom stereocenters. The van der Waals surface area contributed by atoms with Gasteiger partial charge in [-0.3, -0.25) is 0 Å². The molecule has 1 aromatic rings. The molecular weight excluding hydrogens is 303 g/mol. The van der Waals surface area contributed by atoms with E-state index in [1.165, 1.54) is 22.5 Å². The number of rotatable bonds is 2. The van der Waals surface area contributed by atoms with Gasteiger partial charge in [-0.15, -0.1) is 0 Å². The standard InChI is InChI=1S/C13H16ClFN2O2S/c14-10-2-1-3-11(12(10)15)20(18,19)17-7-5-13(9-17)4-6-16-8-13/h1-3,16H,4-9H2. The van der Waals surface area contributed by atoms with E-state index in [9.17, 15) is 12.8 Å². The maximum absolute atomic E-state index is 14.0. The molecule has 1 N–H and O–H groups in total. The molecule has 0 radical (unpaired) electrons. The Hall–Kier alpha value is -0.690. The molecule has 2 fully saturated rings. The second-order valence-corrected chi connectivity index (χ2v) is 7.88. The van der Waals surface area contributed by atoms with E-state index in [1.807, 2.05) is 0 Å². The van der Waals surface area contributed by atoms with Gasteiger partial charge in [-0.1, -0.05) is 17.7 Å². The average molecular weight is 319 g/mol. The molecule has 0 bridgehead atoms. The molecule has 1 aromatic carbocycles. The fourth-order valence-corrected chi connectivity index (χ4v) is 4.94. The van der Waals surface area contributed by atoms with E-state index in [0.717, 1.165) is 25.9 Å². The van der Waals surface area contributed by atoms with Crippen LogP contribution >= 0.6 is 11.6 Å². The molecule has 7 heteroatoms. The van der Waals surface area contributed by atoms with Crippen molar-refractivity contribution in [2.75, 3.05) is 26.2 Å². The van der Waals surface area contributed by atoms with Gasteiger partial charge in [-0.25, -0.2) is 12.8 Å². The van der Waals surface area contributed by atoms with Crippen LogP contribution < -0.4 is 5.32 Å². The van der Waals surface area contributed by atoms with Gasteiger partial charge in [0.25, 0.3) is 0 Å². The van der Waals surface area contributed by atoms with Crippen LogP contribution in [0.25, 0.3) is 0 Å². The Labute approximate surface area is 123 Å². The molecular formula is C13H16ClFN2O2S. The van der Waals surface area contributed by atoms with Gasteiger partial charge in [0.05, 0.1) is 5.02 Å².